The molecule has 4 heteroatoms. The van der Waals surface area contributed by atoms with E-state index < -0.39 is 0 Å². The summed E-state index contributed by atoms with van der Waals surface area (Å²) < 4.78 is 5.48. The Hall–Kier alpha value is -0.870. The van der Waals surface area contributed by atoms with Crippen molar-refractivity contribution in [2.24, 2.45) is 5.92 Å². The first-order valence-electron chi connectivity index (χ1n) is 8.73. The predicted octanol–water partition coefficient (Wildman–Crippen LogP) is 3.49. The number of rotatable bonds is 6. The third kappa shape index (κ3) is 5.32. The Kier molecular flexibility index (Phi) is 6.52. The molecule has 1 N–H and O–H groups in total. The highest BCUT2D eigenvalue weighted by Crippen LogP contribution is 2.22. The third-order valence-corrected chi connectivity index (χ3v) is 5.20. The van der Waals surface area contributed by atoms with E-state index in [1.807, 2.05) is 12.1 Å². The van der Waals surface area contributed by atoms with Crippen LogP contribution in [-0.2, 0) is 11.3 Å². The largest absolute Gasteiger partial charge is 0.377 e. The lowest BCUT2D eigenvalue weighted by Crippen LogP contribution is -2.37. The van der Waals surface area contributed by atoms with Crippen LogP contribution in [0.2, 0.25) is 5.02 Å². The number of nitrogens with zero attached hydrogens (tertiary/aromatic N) is 1. The van der Waals surface area contributed by atoms with E-state index in [9.17, 15) is 0 Å². The Labute approximate surface area is 144 Å². The lowest BCUT2D eigenvalue weighted by atomic mass is 9.96. The van der Waals surface area contributed by atoms with E-state index in [1.54, 1.807) is 0 Å². The van der Waals surface area contributed by atoms with Crippen molar-refractivity contribution < 1.29 is 4.74 Å². The maximum Gasteiger partial charge on any atom is 0.0689 e. The first kappa shape index (κ1) is 17.0. The first-order valence-corrected chi connectivity index (χ1v) is 9.11. The highest BCUT2D eigenvalue weighted by molar-refractivity contribution is 6.31. The molecule has 0 radical (unpaired) electrons. The quantitative estimate of drug-likeness (QED) is 0.806. The molecule has 3 nitrogen and oxygen atoms in total. The Balaban J connectivity index is 1.35. The maximum atomic E-state index is 6.26. The summed E-state index contributed by atoms with van der Waals surface area (Å²) in [5.41, 5.74) is 2.65. The van der Waals surface area contributed by atoms with E-state index in [1.165, 1.54) is 37.1 Å². The molecule has 0 aliphatic carbocycles. The molecule has 126 valence electrons. The van der Waals surface area contributed by atoms with Gasteiger partial charge in [-0.1, -0.05) is 35.9 Å². The molecule has 2 aliphatic rings. The number of ether oxygens (including phenoxy) is 1. The van der Waals surface area contributed by atoms with E-state index in [-0.39, 0.29) is 0 Å². The van der Waals surface area contributed by atoms with E-state index >= 15 is 0 Å². The van der Waals surface area contributed by atoms with Crippen LogP contribution in [0.4, 0.5) is 0 Å². The molecule has 3 rings (SSSR count). The van der Waals surface area contributed by atoms with Crippen LogP contribution in [0.5, 0.6) is 0 Å². The number of hydrogen-bond donors (Lipinski definition) is 1. The molecule has 0 amide bonds. The molecule has 0 saturated carbocycles. The zero-order valence-corrected chi connectivity index (χ0v) is 14.5. The highest BCUT2D eigenvalue weighted by atomic mass is 35.5. The Morgan fingerprint density at radius 2 is 2.04 bits per heavy atom. The van der Waals surface area contributed by atoms with Crippen molar-refractivity contribution in [2.75, 3.05) is 39.4 Å². The van der Waals surface area contributed by atoms with E-state index in [2.05, 4.69) is 28.4 Å². The zero-order valence-electron chi connectivity index (χ0n) is 13.8. The van der Waals surface area contributed by atoms with E-state index in [0.29, 0.717) is 0 Å². The first-order chi connectivity index (χ1) is 11.3. The van der Waals surface area contributed by atoms with Crippen LogP contribution in [0.15, 0.2) is 35.9 Å². The molecule has 0 aromatic heterocycles. The van der Waals surface area contributed by atoms with Gasteiger partial charge in [0.15, 0.2) is 0 Å². The summed E-state index contributed by atoms with van der Waals surface area (Å²) in [7, 11) is 0. The molecule has 2 aliphatic heterocycles. The summed E-state index contributed by atoms with van der Waals surface area (Å²) in [5, 5.41) is 4.50. The van der Waals surface area contributed by atoms with Crippen LogP contribution in [-0.4, -0.2) is 44.3 Å². The maximum absolute atomic E-state index is 6.26. The monoisotopic (exact) mass is 334 g/mol. The summed E-state index contributed by atoms with van der Waals surface area (Å²) in [6.45, 7) is 7.12. The summed E-state index contributed by atoms with van der Waals surface area (Å²) in [5.74, 6) is 0.794. The summed E-state index contributed by atoms with van der Waals surface area (Å²) in [6.07, 6.45) is 5.93. The van der Waals surface area contributed by atoms with Gasteiger partial charge < -0.3 is 10.1 Å². The lowest BCUT2D eigenvalue weighted by molar-refractivity contribution is 0.147. The molecular formula is C19H27ClN2O. The van der Waals surface area contributed by atoms with Gasteiger partial charge >= 0.3 is 0 Å². The van der Waals surface area contributed by atoms with Gasteiger partial charge in [0.2, 0.25) is 0 Å². The number of piperidine rings is 1. The van der Waals surface area contributed by atoms with Gasteiger partial charge in [-0.3, -0.25) is 4.90 Å². The average molecular weight is 335 g/mol. The van der Waals surface area contributed by atoms with Crippen molar-refractivity contribution in [1.29, 1.82) is 0 Å². The molecule has 1 aromatic carbocycles. The number of nitrogens with one attached hydrogen (secondary N) is 1. The summed E-state index contributed by atoms with van der Waals surface area (Å²) >= 11 is 6.26. The van der Waals surface area contributed by atoms with Gasteiger partial charge in [-0.15, -0.1) is 0 Å². The minimum Gasteiger partial charge on any atom is -0.377 e. The standard InChI is InChI=1S/C19H27ClN2O/c20-19-6-2-1-5-18(19)14-22-9-7-16(8-10-22)12-21-13-17-4-3-11-23-15-17/h1-2,4-6,16,21H,3,7-15H2. The number of halogens is 1. The van der Waals surface area contributed by atoms with Crippen molar-refractivity contribution in [1.82, 2.24) is 10.2 Å². The fourth-order valence-electron chi connectivity index (χ4n) is 3.38. The molecule has 0 unspecified atom stereocenters. The van der Waals surface area contributed by atoms with Gasteiger partial charge in [0.25, 0.3) is 0 Å². The fourth-order valence-corrected chi connectivity index (χ4v) is 3.58. The Bertz CT molecular complexity index is 524. The topological polar surface area (TPSA) is 24.5 Å². The molecule has 1 fully saturated rings. The van der Waals surface area contributed by atoms with Gasteiger partial charge in [-0.25, -0.2) is 0 Å². The molecule has 0 spiro atoms. The molecule has 1 aromatic rings. The molecule has 2 heterocycles. The lowest BCUT2D eigenvalue weighted by Gasteiger charge is -2.32. The van der Waals surface area contributed by atoms with Crippen LogP contribution in [0, 0.1) is 5.92 Å². The van der Waals surface area contributed by atoms with Crippen LogP contribution in [0.1, 0.15) is 24.8 Å². The number of likely N-dealkylation sites (tertiary alicyclic amines) is 1. The minimum absolute atomic E-state index is 0.794. The van der Waals surface area contributed by atoms with E-state index in [4.69, 9.17) is 16.3 Å². The van der Waals surface area contributed by atoms with Crippen LogP contribution < -0.4 is 5.32 Å². The number of benzene rings is 1. The van der Waals surface area contributed by atoms with Crippen LogP contribution in [0.3, 0.4) is 0 Å². The average Bonchev–Trinajstić information content (AvgIpc) is 2.59. The third-order valence-electron chi connectivity index (χ3n) is 4.83. The predicted molar refractivity (Wildman–Crippen MR) is 95.8 cm³/mol. The highest BCUT2D eigenvalue weighted by Gasteiger charge is 2.19. The number of hydrogen-bond acceptors (Lipinski definition) is 3. The Morgan fingerprint density at radius 1 is 1.22 bits per heavy atom. The minimum atomic E-state index is 0.794. The Morgan fingerprint density at radius 3 is 2.78 bits per heavy atom. The van der Waals surface area contributed by atoms with Gasteiger partial charge in [-0.05, 0) is 62.0 Å². The van der Waals surface area contributed by atoms with Crippen molar-refractivity contribution in [3.05, 3.63) is 46.5 Å². The van der Waals surface area contributed by atoms with Gasteiger partial charge in [0, 0.05) is 18.1 Å². The van der Waals surface area contributed by atoms with Crippen molar-refractivity contribution in [3.8, 4) is 0 Å². The molecule has 1 saturated heterocycles. The zero-order chi connectivity index (χ0) is 15.9. The SMILES string of the molecule is Clc1ccccc1CN1CCC(CNCC2=CCCOC2)CC1. The second-order valence-corrected chi connectivity index (χ2v) is 7.05. The van der Waals surface area contributed by atoms with Crippen LogP contribution in [0.25, 0.3) is 0 Å². The van der Waals surface area contributed by atoms with Gasteiger partial charge in [0.05, 0.1) is 13.2 Å². The smallest absolute Gasteiger partial charge is 0.0689 e. The molecule has 0 bridgehead atoms. The summed E-state index contributed by atoms with van der Waals surface area (Å²) in [6, 6.07) is 8.19. The van der Waals surface area contributed by atoms with Gasteiger partial charge in [-0.2, -0.15) is 0 Å². The second-order valence-electron chi connectivity index (χ2n) is 6.65. The van der Waals surface area contributed by atoms with Crippen molar-refractivity contribution in [3.63, 3.8) is 0 Å². The van der Waals surface area contributed by atoms with Crippen molar-refractivity contribution in [2.45, 2.75) is 25.8 Å². The van der Waals surface area contributed by atoms with E-state index in [0.717, 1.165) is 50.2 Å². The molecule has 0 atom stereocenters. The second kappa shape index (κ2) is 8.84. The summed E-state index contributed by atoms with van der Waals surface area (Å²) in [4.78, 5) is 2.52. The molecular weight excluding hydrogens is 308 g/mol. The van der Waals surface area contributed by atoms with Crippen molar-refractivity contribution >= 4 is 11.6 Å². The normalized spacial score (nSPS) is 20.5. The fraction of sp³-hybridized carbons (Fsp3) is 0.579. The van der Waals surface area contributed by atoms with Gasteiger partial charge in [0.1, 0.15) is 0 Å². The van der Waals surface area contributed by atoms with Crippen LogP contribution >= 0.6 is 11.6 Å². The molecule has 23 heavy (non-hydrogen) atoms.